The quantitative estimate of drug-likeness (QED) is 0.510. The number of carbonyl (C=O) groups is 1. The molecule has 2 rings (SSSR count). The van der Waals surface area contributed by atoms with Crippen LogP contribution in [0.5, 0.6) is 17.2 Å². The van der Waals surface area contributed by atoms with Gasteiger partial charge in [0.25, 0.3) is 0 Å². The molecule has 0 aliphatic carbocycles. The Balaban J connectivity index is 2.25. The maximum atomic E-state index is 10.9. The first-order valence-corrected chi connectivity index (χ1v) is 7.06. The summed E-state index contributed by atoms with van der Waals surface area (Å²) in [6.07, 6.45) is 3.24. The van der Waals surface area contributed by atoms with E-state index in [1.54, 1.807) is 49.6 Å². The molecule has 0 fully saturated rings. The molecule has 3 N–H and O–H groups in total. The number of amides is 2. The number of pyridine rings is 1. The van der Waals surface area contributed by atoms with Gasteiger partial charge >= 0.3 is 6.03 Å². The highest BCUT2D eigenvalue weighted by molar-refractivity contribution is 5.71. The number of benzene rings is 1. The Morgan fingerprint density at radius 3 is 2.79 bits per heavy atom. The van der Waals surface area contributed by atoms with Gasteiger partial charge in [0.1, 0.15) is 23.3 Å². The van der Waals surface area contributed by atoms with Gasteiger partial charge in [0, 0.05) is 12.3 Å². The molecule has 0 saturated carbocycles. The molecule has 7 nitrogen and oxygen atoms in total. The molecule has 0 aliphatic heterocycles. The van der Waals surface area contributed by atoms with Crippen LogP contribution in [0.25, 0.3) is 0 Å². The van der Waals surface area contributed by atoms with E-state index in [9.17, 15) is 10.0 Å². The van der Waals surface area contributed by atoms with E-state index in [4.69, 9.17) is 15.2 Å². The lowest BCUT2D eigenvalue weighted by atomic mass is 10.1. The van der Waals surface area contributed by atoms with Crippen molar-refractivity contribution in [1.82, 2.24) is 10.0 Å². The van der Waals surface area contributed by atoms with Crippen molar-refractivity contribution in [3.05, 3.63) is 48.3 Å². The Hall–Kier alpha value is -3.24. The Bertz CT molecular complexity index is 768. The van der Waals surface area contributed by atoms with E-state index in [1.165, 1.54) is 7.11 Å². The monoisotopic (exact) mass is 327 g/mol. The zero-order chi connectivity index (χ0) is 17.5. The third kappa shape index (κ3) is 4.38. The van der Waals surface area contributed by atoms with Gasteiger partial charge in [-0.15, -0.1) is 0 Å². The molecule has 0 aliphatic rings. The maximum Gasteiger partial charge on any atom is 0.339 e. The second kappa shape index (κ2) is 7.85. The highest BCUT2D eigenvalue weighted by atomic mass is 16.5. The molecular weight excluding hydrogens is 310 g/mol. The lowest BCUT2D eigenvalue weighted by molar-refractivity contribution is -0.0536. The predicted molar refractivity (Wildman–Crippen MR) is 86.9 cm³/mol. The highest BCUT2D eigenvalue weighted by Gasteiger charge is 2.12. The van der Waals surface area contributed by atoms with E-state index in [0.29, 0.717) is 27.9 Å². The number of nitrogens with zero attached hydrogens (tertiary/aromatic N) is 2. The van der Waals surface area contributed by atoms with Gasteiger partial charge in [-0.05, 0) is 31.2 Å². The summed E-state index contributed by atoms with van der Waals surface area (Å²) >= 11 is 0. The average Bonchev–Trinajstić information content (AvgIpc) is 2.60. The van der Waals surface area contributed by atoms with Gasteiger partial charge in [-0.2, -0.15) is 5.06 Å². The van der Waals surface area contributed by atoms with E-state index in [-0.39, 0.29) is 0 Å². The summed E-state index contributed by atoms with van der Waals surface area (Å²) in [5.74, 6) is 7.25. The van der Waals surface area contributed by atoms with Crippen molar-refractivity contribution in [3.8, 4) is 29.1 Å². The van der Waals surface area contributed by atoms with Crippen LogP contribution < -0.4 is 15.2 Å². The molecule has 0 radical (unpaired) electrons. The van der Waals surface area contributed by atoms with Crippen molar-refractivity contribution < 1.29 is 19.5 Å². The van der Waals surface area contributed by atoms with Gasteiger partial charge in [0.2, 0.25) is 0 Å². The third-order valence-corrected chi connectivity index (χ3v) is 3.05. The van der Waals surface area contributed by atoms with Gasteiger partial charge in [-0.25, -0.2) is 4.79 Å². The van der Waals surface area contributed by atoms with Gasteiger partial charge < -0.3 is 15.2 Å². The molecule has 0 spiro atoms. The van der Waals surface area contributed by atoms with Crippen molar-refractivity contribution >= 4 is 6.03 Å². The van der Waals surface area contributed by atoms with Crippen LogP contribution in [0.4, 0.5) is 4.79 Å². The molecule has 0 saturated heterocycles. The molecule has 124 valence electrons. The number of aromatic nitrogens is 1. The number of rotatable bonds is 4. The minimum absolute atomic E-state index is 0.357. The molecule has 1 heterocycles. The number of nitrogens with two attached hydrogens (primary N) is 1. The first kappa shape index (κ1) is 17.1. The highest BCUT2D eigenvalue weighted by Crippen LogP contribution is 2.26. The second-order valence-electron chi connectivity index (χ2n) is 4.78. The van der Waals surface area contributed by atoms with Crippen LogP contribution >= 0.6 is 0 Å². The minimum Gasteiger partial charge on any atom is -0.495 e. The summed E-state index contributed by atoms with van der Waals surface area (Å²) in [6.45, 7) is 1.54. The average molecular weight is 327 g/mol. The normalized spacial score (nSPS) is 11.0. The summed E-state index contributed by atoms with van der Waals surface area (Å²) in [6, 6.07) is 6.94. The van der Waals surface area contributed by atoms with Crippen LogP contribution in [-0.4, -0.2) is 34.4 Å². The Kier molecular flexibility index (Phi) is 5.60. The Labute approximate surface area is 139 Å². The van der Waals surface area contributed by atoms with Crippen molar-refractivity contribution in [3.63, 3.8) is 0 Å². The number of urea groups is 1. The van der Waals surface area contributed by atoms with Gasteiger partial charge in [0.05, 0.1) is 18.9 Å². The number of methoxy groups -OCH3 is 1. The van der Waals surface area contributed by atoms with Crippen LogP contribution in [0.1, 0.15) is 12.5 Å². The van der Waals surface area contributed by atoms with Crippen LogP contribution in [0.2, 0.25) is 0 Å². The predicted octanol–water partition coefficient (Wildman–Crippen LogP) is 2.39. The first-order chi connectivity index (χ1) is 11.5. The lowest BCUT2D eigenvalue weighted by Crippen LogP contribution is -2.38. The number of hydrogen-bond donors (Lipinski definition) is 2. The van der Waals surface area contributed by atoms with Crippen molar-refractivity contribution in [1.29, 1.82) is 0 Å². The molecule has 0 bridgehead atoms. The molecule has 1 unspecified atom stereocenters. The Morgan fingerprint density at radius 2 is 2.17 bits per heavy atom. The third-order valence-electron chi connectivity index (χ3n) is 3.05. The summed E-state index contributed by atoms with van der Waals surface area (Å²) in [5.41, 5.74) is 5.54. The number of hydroxylamine groups is 2. The van der Waals surface area contributed by atoms with E-state index in [0.717, 1.165) is 0 Å². The van der Waals surface area contributed by atoms with Crippen molar-refractivity contribution in [2.75, 3.05) is 7.11 Å². The van der Waals surface area contributed by atoms with Gasteiger partial charge in [0.15, 0.2) is 0 Å². The first-order valence-electron chi connectivity index (χ1n) is 7.06. The van der Waals surface area contributed by atoms with E-state index in [2.05, 4.69) is 16.8 Å². The number of ether oxygens (including phenoxy) is 2. The summed E-state index contributed by atoms with van der Waals surface area (Å²) in [7, 11) is 1.52. The number of hydrogen-bond acceptors (Lipinski definition) is 5. The summed E-state index contributed by atoms with van der Waals surface area (Å²) in [4.78, 5) is 14.9. The number of carbonyl (C=O) groups excluding carboxylic acids is 1. The molecule has 2 aromatic rings. The lowest BCUT2D eigenvalue weighted by Gasteiger charge is -2.14. The molecule has 7 heteroatoms. The standard InChI is InChI=1S/C17H17N3O4/c1-12(20(22)17(18)21)5-6-13-10-14(7-8-16(13)23-2)24-15-4-3-9-19-11-15/h3-4,7-12,22H,1-2H3,(H2,18,21). The van der Waals surface area contributed by atoms with Gasteiger partial charge in [-0.1, -0.05) is 11.8 Å². The molecule has 2 amide bonds. The minimum atomic E-state index is -0.975. The molecule has 1 aromatic heterocycles. The SMILES string of the molecule is COc1ccc(Oc2cccnc2)cc1C#CC(C)N(O)C(N)=O. The Morgan fingerprint density at radius 1 is 1.38 bits per heavy atom. The molecule has 1 atom stereocenters. The van der Waals surface area contributed by atoms with Crippen LogP contribution in [0.15, 0.2) is 42.7 Å². The zero-order valence-corrected chi connectivity index (χ0v) is 13.3. The zero-order valence-electron chi connectivity index (χ0n) is 13.3. The molecule has 1 aromatic carbocycles. The van der Waals surface area contributed by atoms with E-state index >= 15 is 0 Å². The van der Waals surface area contributed by atoms with Crippen LogP contribution in [0.3, 0.4) is 0 Å². The van der Waals surface area contributed by atoms with Crippen molar-refractivity contribution in [2.24, 2.45) is 5.73 Å². The van der Waals surface area contributed by atoms with Crippen molar-refractivity contribution in [2.45, 2.75) is 13.0 Å². The van der Waals surface area contributed by atoms with Crippen LogP contribution in [0, 0.1) is 11.8 Å². The smallest absolute Gasteiger partial charge is 0.339 e. The molecule has 24 heavy (non-hydrogen) atoms. The molecular formula is C17H17N3O4. The fraction of sp³-hybridized carbons (Fsp3) is 0.176. The maximum absolute atomic E-state index is 10.9. The van der Waals surface area contributed by atoms with E-state index in [1.807, 2.05) is 0 Å². The summed E-state index contributed by atoms with van der Waals surface area (Å²) < 4.78 is 10.9. The fourth-order valence-electron chi connectivity index (χ4n) is 1.83. The largest absolute Gasteiger partial charge is 0.495 e. The van der Waals surface area contributed by atoms with E-state index < -0.39 is 12.1 Å². The topological polar surface area (TPSA) is 97.9 Å². The number of primary amides is 1. The summed E-state index contributed by atoms with van der Waals surface area (Å²) in [5, 5.41) is 9.80. The van der Waals surface area contributed by atoms with Gasteiger partial charge in [-0.3, -0.25) is 10.2 Å². The van der Waals surface area contributed by atoms with Crippen LogP contribution in [-0.2, 0) is 0 Å². The fourth-order valence-corrected chi connectivity index (χ4v) is 1.83. The second-order valence-corrected chi connectivity index (χ2v) is 4.78.